The maximum atomic E-state index is 13.3. The van der Waals surface area contributed by atoms with Crippen LogP contribution < -0.4 is 0 Å². The van der Waals surface area contributed by atoms with E-state index in [4.69, 9.17) is 0 Å². The number of likely N-dealkylation sites (tertiary alicyclic amines) is 1. The van der Waals surface area contributed by atoms with Crippen LogP contribution in [0.5, 0.6) is 0 Å². The van der Waals surface area contributed by atoms with Gasteiger partial charge in [0.1, 0.15) is 0 Å². The number of amides is 3. The fraction of sp³-hybridized carbons (Fsp3) is 0.480. The number of imide groups is 1. The summed E-state index contributed by atoms with van der Waals surface area (Å²) >= 11 is 0. The van der Waals surface area contributed by atoms with Gasteiger partial charge in [0.05, 0.1) is 11.6 Å². The van der Waals surface area contributed by atoms with Crippen molar-refractivity contribution in [1.29, 1.82) is 0 Å². The minimum Gasteiger partial charge on any atom is -0.341 e. The maximum absolute atomic E-state index is 13.3. The van der Waals surface area contributed by atoms with Gasteiger partial charge < -0.3 is 9.47 Å². The second-order valence-electron chi connectivity index (χ2n) is 8.81. The number of aromatic nitrogens is 1. The summed E-state index contributed by atoms with van der Waals surface area (Å²) in [5.74, 6) is -0.0537. The molecular weight excluding hydrogens is 404 g/mol. The number of carbonyl (C=O) groups is 3. The smallest absolute Gasteiger partial charge is 0.255 e. The molecule has 7 nitrogen and oxygen atoms in total. The van der Waals surface area contributed by atoms with Crippen LogP contribution in [-0.4, -0.2) is 76.3 Å². The number of aryl methyl sites for hydroxylation is 1. The van der Waals surface area contributed by atoms with Gasteiger partial charge in [-0.05, 0) is 32.4 Å². The van der Waals surface area contributed by atoms with Crippen LogP contribution in [-0.2, 0) is 9.59 Å². The van der Waals surface area contributed by atoms with Crippen molar-refractivity contribution in [3.63, 3.8) is 0 Å². The zero-order chi connectivity index (χ0) is 22.8. The summed E-state index contributed by atoms with van der Waals surface area (Å²) in [6.45, 7) is 10.2. The third-order valence-corrected chi connectivity index (χ3v) is 6.84. The summed E-state index contributed by atoms with van der Waals surface area (Å²) in [6, 6.07) is 12.5. The van der Waals surface area contributed by atoms with E-state index >= 15 is 0 Å². The van der Waals surface area contributed by atoms with Crippen molar-refractivity contribution in [3.05, 3.63) is 58.9 Å². The van der Waals surface area contributed by atoms with Gasteiger partial charge in [-0.1, -0.05) is 30.3 Å². The molecular formula is C25H32N4O3. The lowest BCUT2D eigenvalue weighted by molar-refractivity contribution is -0.138. The highest BCUT2D eigenvalue weighted by atomic mass is 16.2. The first-order valence-corrected chi connectivity index (χ1v) is 11.4. The maximum Gasteiger partial charge on any atom is 0.255 e. The third-order valence-electron chi connectivity index (χ3n) is 6.84. The molecule has 0 radical (unpaired) electrons. The van der Waals surface area contributed by atoms with Crippen molar-refractivity contribution in [1.82, 2.24) is 19.3 Å². The molecule has 2 aliphatic heterocycles. The van der Waals surface area contributed by atoms with Gasteiger partial charge in [-0.2, -0.15) is 0 Å². The molecule has 2 aliphatic rings. The molecule has 0 saturated carbocycles. The fourth-order valence-corrected chi connectivity index (χ4v) is 4.93. The van der Waals surface area contributed by atoms with Gasteiger partial charge in [-0.3, -0.25) is 24.2 Å². The molecule has 1 unspecified atom stereocenters. The van der Waals surface area contributed by atoms with Crippen LogP contribution >= 0.6 is 0 Å². The Morgan fingerprint density at radius 2 is 1.56 bits per heavy atom. The highest BCUT2D eigenvalue weighted by molar-refractivity contribution is 6.01. The van der Waals surface area contributed by atoms with Gasteiger partial charge >= 0.3 is 0 Å². The highest BCUT2D eigenvalue weighted by Crippen LogP contribution is 2.26. The van der Waals surface area contributed by atoms with Crippen LogP contribution in [0.25, 0.3) is 0 Å². The van der Waals surface area contributed by atoms with Gasteiger partial charge in [-0.25, -0.2) is 0 Å². The molecule has 7 heteroatoms. The van der Waals surface area contributed by atoms with E-state index < -0.39 is 0 Å². The predicted molar refractivity (Wildman–Crippen MR) is 122 cm³/mol. The predicted octanol–water partition coefficient (Wildman–Crippen LogP) is 2.62. The number of nitrogens with zero attached hydrogens (tertiary/aromatic N) is 4. The third kappa shape index (κ3) is 4.35. The molecule has 170 valence electrons. The van der Waals surface area contributed by atoms with Crippen molar-refractivity contribution >= 4 is 17.7 Å². The van der Waals surface area contributed by atoms with E-state index in [9.17, 15) is 14.4 Å². The van der Waals surface area contributed by atoms with Gasteiger partial charge in [0.15, 0.2) is 0 Å². The van der Waals surface area contributed by atoms with E-state index in [0.717, 1.165) is 30.0 Å². The van der Waals surface area contributed by atoms with E-state index in [1.807, 2.05) is 36.1 Å². The van der Waals surface area contributed by atoms with Crippen molar-refractivity contribution in [2.24, 2.45) is 0 Å². The Labute approximate surface area is 189 Å². The molecule has 3 heterocycles. The van der Waals surface area contributed by atoms with E-state index in [0.29, 0.717) is 39.0 Å². The highest BCUT2D eigenvalue weighted by Gasteiger charge is 2.30. The molecule has 32 heavy (non-hydrogen) atoms. The number of hydrogen-bond donors (Lipinski definition) is 0. The minimum atomic E-state index is -0.0658. The molecule has 3 amide bonds. The summed E-state index contributed by atoms with van der Waals surface area (Å²) in [5, 5.41) is 0. The Hall–Kier alpha value is -2.93. The lowest BCUT2D eigenvalue weighted by Crippen LogP contribution is -2.50. The van der Waals surface area contributed by atoms with Crippen LogP contribution in [0.15, 0.2) is 36.4 Å². The molecule has 0 N–H and O–H groups in total. The molecule has 0 bridgehead atoms. The first kappa shape index (κ1) is 22.3. The molecule has 1 atom stereocenters. The van der Waals surface area contributed by atoms with Gasteiger partial charge in [0, 0.05) is 63.5 Å². The van der Waals surface area contributed by atoms with E-state index in [-0.39, 0.29) is 23.8 Å². The second-order valence-corrected chi connectivity index (χ2v) is 8.81. The molecule has 2 fully saturated rings. The SMILES string of the molecule is Cc1cc(C(=O)N2CCN(CCN3C(=O)CCC3=O)CC2)c(C)n1C(C)c1ccccc1. The fourth-order valence-electron chi connectivity index (χ4n) is 4.93. The van der Waals surface area contributed by atoms with Crippen LogP contribution in [0.1, 0.15) is 53.1 Å². The Balaban J connectivity index is 1.37. The minimum absolute atomic E-state index is 0.0658. The summed E-state index contributed by atoms with van der Waals surface area (Å²) in [5.41, 5.74) is 4.07. The topological polar surface area (TPSA) is 65.9 Å². The zero-order valence-electron chi connectivity index (χ0n) is 19.2. The number of piperazine rings is 1. The Kier molecular flexibility index (Phi) is 6.46. The first-order valence-electron chi connectivity index (χ1n) is 11.4. The molecule has 2 saturated heterocycles. The van der Waals surface area contributed by atoms with Crippen molar-refractivity contribution in [2.75, 3.05) is 39.3 Å². The van der Waals surface area contributed by atoms with Gasteiger partial charge in [0.2, 0.25) is 11.8 Å². The van der Waals surface area contributed by atoms with Crippen LogP contribution in [0, 0.1) is 13.8 Å². The molecule has 2 aromatic rings. The van der Waals surface area contributed by atoms with Crippen molar-refractivity contribution in [2.45, 2.75) is 39.7 Å². The summed E-state index contributed by atoms with van der Waals surface area (Å²) in [6.07, 6.45) is 0.671. The van der Waals surface area contributed by atoms with Crippen molar-refractivity contribution in [3.8, 4) is 0 Å². The normalized spacial score (nSPS) is 18.5. The second kappa shape index (κ2) is 9.28. The van der Waals surface area contributed by atoms with E-state index in [1.54, 1.807) is 0 Å². The molecule has 1 aromatic heterocycles. The first-order chi connectivity index (χ1) is 15.4. The largest absolute Gasteiger partial charge is 0.341 e. The summed E-state index contributed by atoms with van der Waals surface area (Å²) < 4.78 is 2.24. The standard InChI is InChI=1S/C25H32N4O3/c1-18-17-22(20(3)29(18)19(2)21-7-5-4-6-8-21)25(32)27-14-11-26(12-15-27)13-16-28-23(30)9-10-24(28)31/h4-8,17,19H,9-16H2,1-3H3. The molecule has 4 rings (SSSR count). The monoisotopic (exact) mass is 436 g/mol. The van der Waals surface area contributed by atoms with Gasteiger partial charge in [0.25, 0.3) is 5.91 Å². The number of rotatable bonds is 6. The number of hydrogen-bond acceptors (Lipinski definition) is 4. The number of benzene rings is 1. The molecule has 1 aromatic carbocycles. The molecule has 0 spiro atoms. The summed E-state index contributed by atoms with van der Waals surface area (Å²) in [7, 11) is 0. The summed E-state index contributed by atoms with van der Waals surface area (Å²) in [4.78, 5) is 42.4. The quantitative estimate of drug-likeness (QED) is 0.653. The lowest BCUT2D eigenvalue weighted by Gasteiger charge is -2.35. The van der Waals surface area contributed by atoms with Gasteiger partial charge in [-0.15, -0.1) is 0 Å². The van der Waals surface area contributed by atoms with Crippen LogP contribution in [0.2, 0.25) is 0 Å². The zero-order valence-corrected chi connectivity index (χ0v) is 19.2. The Morgan fingerprint density at radius 1 is 0.938 bits per heavy atom. The van der Waals surface area contributed by atoms with Crippen LogP contribution in [0.3, 0.4) is 0 Å². The van der Waals surface area contributed by atoms with E-state index in [2.05, 4.69) is 35.4 Å². The Morgan fingerprint density at radius 3 is 2.19 bits per heavy atom. The lowest BCUT2D eigenvalue weighted by atomic mass is 10.1. The Bertz CT molecular complexity index is 990. The molecule has 0 aliphatic carbocycles. The number of carbonyl (C=O) groups excluding carboxylic acids is 3. The van der Waals surface area contributed by atoms with E-state index in [1.165, 1.54) is 10.5 Å². The van der Waals surface area contributed by atoms with Crippen LogP contribution in [0.4, 0.5) is 0 Å². The average molecular weight is 437 g/mol. The van der Waals surface area contributed by atoms with Crippen molar-refractivity contribution < 1.29 is 14.4 Å². The average Bonchev–Trinajstić information content (AvgIpc) is 3.29.